The van der Waals surface area contributed by atoms with Crippen LogP contribution < -0.4 is 39.0 Å². The molecule has 0 radical (unpaired) electrons. The molecule has 0 spiro atoms. The second-order valence-corrected chi connectivity index (χ2v) is 13.6. The number of methoxy groups -OCH3 is 3. The highest BCUT2D eigenvalue weighted by atomic mass is 32.2. The smallest absolute Gasteiger partial charge is 0.388 e. The fraction of sp³-hybridized carbons (Fsp3) is 0.200. The van der Waals surface area contributed by atoms with Crippen LogP contribution in [0.3, 0.4) is 0 Å². The van der Waals surface area contributed by atoms with Crippen LogP contribution in [0, 0.1) is 0 Å². The Hall–Kier alpha value is -7.10. The van der Waals surface area contributed by atoms with Crippen LogP contribution in [0.25, 0.3) is 0 Å². The van der Waals surface area contributed by atoms with Crippen LogP contribution in [0.4, 0.5) is 39.0 Å². The lowest BCUT2D eigenvalue weighted by Crippen LogP contribution is -2.36. The molecule has 58 heavy (non-hydrogen) atoms. The largest absolute Gasteiger partial charge is 0.481 e. The lowest BCUT2D eigenvalue weighted by molar-refractivity contribution is -0.0579. The Morgan fingerprint density at radius 2 is 1.12 bits per heavy atom. The first kappa shape index (κ1) is 45.3. The van der Waals surface area contributed by atoms with E-state index >= 15 is 0 Å². The number of carbonyl (C=O) groups excluding carboxylic acids is 3. The van der Waals surface area contributed by atoms with Gasteiger partial charge in [-0.05, 0) is 23.8 Å². The van der Waals surface area contributed by atoms with Crippen LogP contribution >= 0.6 is 0 Å². The molecule has 2 aromatic heterocycles. The number of aromatic carboxylic acids is 1. The molecule has 0 atom stereocenters. The van der Waals surface area contributed by atoms with Crippen molar-refractivity contribution in [1.82, 2.24) is 29.4 Å². The average Bonchev–Trinajstić information content (AvgIpc) is 3.13. The minimum atomic E-state index is -4.71. The molecular formula is C30H28F4N8O14S2. The van der Waals surface area contributed by atoms with Gasteiger partial charge in [-0.15, -0.1) is 0 Å². The van der Waals surface area contributed by atoms with Gasteiger partial charge in [-0.1, -0.05) is 30.3 Å². The lowest BCUT2D eigenvalue weighted by Gasteiger charge is -2.11. The molecule has 0 saturated carbocycles. The minimum absolute atomic E-state index is 0.0802. The molecule has 4 aromatic rings. The highest BCUT2D eigenvalue weighted by Gasteiger charge is 2.25. The van der Waals surface area contributed by atoms with E-state index in [9.17, 15) is 53.6 Å². The maximum Gasteiger partial charge on any atom is 0.388 e. The van der Waals surface area contributed by atoms with Crippen molar-refractivity contribution in [2.24, 2.45) is 0 Å². The Morgan fingerprint density at radius 1 is 0.672 bits per heavy atom. The number of ether oxygens (including phenoxy) is 5. The molecule has 5 N–H and O–H groups in total. The van der Waals surface area contributed by atoms with Crippen molar-refractivity contribution in [1.29, 1.82) is 0 Å². The number of hydrogen-bond acceptors (Lipinski definition) is 17. The van der Waals surface area contributed by atoms with Gasteiger partial charge in [0, 0.05) is 0 Å². The predicted octanol–water partition coefficient (Wildman–Crippen LogP) is 2.82. The maximum atomic E-state index is 12.3. The Labute approximate surface area is 324 Å². The van der Waals surface area contributed by atoms with Gasteiger partial charge >= 0.3 is 37.2 Å². The molecule has 28 heteroatoms. The fourth-order valence-corrected chi connectivity index (χ4v) is 6.25. The number of esters is 1. The van der Waals surface area contributed by atoms with E-state index in [0.717, 1.165) is 12.1 Å². The van der Waals surface area contributed by atoms with Crippen molar-refractivity contribution >= 4 is 55.9 Å². The maximum absolute atomic E-state index is 12.3. The zero-order valence-corrected chi connectivity index (χ0v) is 31.1. The number of halogens is 4. The van der Waals surface area contributed by atoms with Crippen LogP contribution in [0.2, 0.25) is 0 Å². The van der Waals surface area contributed by atoms with Crippen molar-refractivity contribution in [2.75, 3.05) is 32.0 Å². The van der Waals surface area contributed by atoms with E-state index in [-0.39, 0.29) is 28.8 Å². The molecule has 4 amide bonds. The van der Waals surface area contributed by atoms with Crippen LogP contribution in [-0.2, 0) is 30.5 Å². The number of urea groups is 2. The van der Waals surface area contributed by atoms with Crippen molar-refractivity contribution in [2.45, 2.75) is 23.9 Å². The third-order valence-corrected chi connectivity index (χ3v) is 8.87. The van der Waals surface area contributed by atoms with E-state index < -0.39 is 91.2 Å². The zero-order chi connectivity index (χ0) is 43.2. The number of anilines is 2. The van der Waals surface area contributed by atoms with Crippen molar-refractivity contribution < 1.29 is 82.4 Å². The minimum Gasteiger partial charge on any atom is -0.481 e. The summed E-state index contributed by atoms with van der Waals surface area (Å²) < 4.78 is 124. The molecule has 312 valence electrons. The second-order valence-electron chi connectivity index (χ2n) is 10.2. The number of carbonyl (C=O) groups is 4. The van der Waals surface area contributed by atoms with Gasteiger partial charge < -0.3 is 28.8 Å². The van der Waals surface area contributed by atoms with Gasteiger partial charge in [-0.25, -0.2) is 45.5 Å². The SMILES string of the molecule is COC(=O)c1ccccc1CS(=O)(=O)NC(=O)Nc1nc(OC)cc(OC)n1.O=C(Nc1nc(OC(F)F)cc(OC(F)F)n1)NS(=O)(=O)c1ccccc1C(=O)O. The molecule has 0 aliphatic heterocycles. The van der Waals surface area contributed by atoms with E-state index in [2.05, 4.69) is 39.5 Å². The molecular weight excluding hydrogens is 836 g/mol. The quantitative estimate of drug-likeness (QED) is 0.0847. The van der Waals surface area contributed by atoms with E-state index in [1.54, 1.807) is 17.4 Å². The number of aromatic nitrogens is 4. The molecule has 0 aliphatic carbocycles. The first-order valence-electron chi connectivity index (χ1n) is 15.1. The topological polar surface area (TPSA) is 303 Å². The van der Waals surface area contributed by atoms with Gasteiger partial charge in [0.25, 0.3) is 10.0 Å². The number of alkyl halides is 4. The fourth-order valence-electron chi connectivity index (χ4n) is 4.08. The predicted molar refractivity (Wildman–Crippen MR) is 186 cm³/mol. The number of carboxylic acids is 1. The zero-order valence-electron chi connectivity index (χ0n) is 29.5. The summed E-state index contributed by atoms with van der Waals surface area (Å²) in [4.78, 5) is 60.4. The van der Waals surface area contributed by atoms with Crippen LogP contribution in [0.1, 0.15) is 26.3 Å². The van der Waals surface area contributed by atoms with Crippen LogP contribution in [0.5, 0.6) is 23.5 Å². The summed E-state index contributed by atoms with van der Waals surface area (Å²) in [5, 5.41) is 12.9. The molecule has 2 aromatic carbocycles. The summed E-state index contributed by atoms with van der Waals surface area (Å²) in [6.07, 6.45) is 0. The summed E-state index contributed by atoms with van der Waals surface area (Å²) in [6.45, 7) is -6.82. The van der Waals surface area contributed by atoms with Gasteiger partial charge in [-0.3, -0.25) is 10.6 Å². The molecule has 4 rings (SSSR count). The lowest BCUT2D eigenvalue weighted by atomic mass is 10.1. The number of nitrogens with zero attached hydrogens (tertiary/aromatic N) is 4. The van der Waals surface area contributed by atoms with Crippen molar-refractivity contribution in [3.05, 3.63) is 77.4 Å². The first-order chi connectivity index (χ1) is 27.2. The highest BCUT2D eigenvalue weighted by molar-refractivity contribution is 7.90. The molecule has 0 aliphatic rings. The molecule has 0 bridgehead atoms. The second kappa shape index (κ2) is 20.2. The van der Waals surface area contributed by atoms with E-state index in [1.807, 2.05) is 4.72 Å². The van der Waals surface area contributed by atoms with E-state index in [4.69, 9.17) is 14.6 Å². The summed E-state index contributed by atoms with van der Waals surface area (Å²) in [7, 11) is -4.96. The number of benzene rings is 2. The summed E-state index contributed by atoms with van der Waals surface area (Å²) in [5.41, 5.74) is -0.389. The summed E-state index contributed by atoms with van der Waals surface area (Å²) >= 11 is 0. The van der Waals surface area contributed by atoms with E-state index in [0.29, 0.717) is 6.07 Å². The number of amides is 4. The number of carboxylic acid groups (broad SMARTS) is 1. The Balaban J connectivity index is 0.000000311. The molecule has 0 unspecified atom stereocenters. The number of rotatable bonds is 15. The van der Waals surface area contributed by atoms with Gasteiger partial charge in [0.1, 0.15) is 4.90 Å². The van der Waals surface area contributed by atoms with Crippen LogP contribution in [-0.4, -0.2) is 100 Å². The Bertz CT molecular complexity index is 2310. The van der Waals surface area contributed by atoms with Gasteiger partial charge in [0.05, 0.1) is 50.3 Å². The van der Waals surface area contributed by atoms with Gasteiger partial charge in [-0.2, -0.15) is 37.5 Å². The molecule has 22 nitrogen and oxygen atoms in total. The van der Waals surface area contributed by atoms with Gasteiger partial charge in [0.2, 0.25) is 45.4 Å². The first-order valence-corrected chi connectivity index (χ1v) is 18.3. The highest BCUT2D eigenvalue weighted by Crippen LogP contribution is 2.22. The third kappa shape index (κ3) is 13.9. The Kier molecular flexibility index (Phi) is 15.8. The van der Waals surface area contributed by atoms with E-state index in [1.165, 1.54) is 56.4 Å². The van der Waals surface area contributed by atoms with Crippen molar-refractivity contribution in [3.63, 3.8) is 0 Å². The monoisotopic (exact) mass is 864 g/mol. The van der Waals surface area contributed by atoms with Gasteiger partial charge in [0.15, 0.2) is 0 Å². The normalized spacial score (nSPS) is 11.0. The molecule has 2 heterocycles. The molecule has 0 saturated heterocycles. The standard InChI is InChI=1S/C16H18N4O7S.C14H10F4N4O7S/c1-25-12-8-13(26-2)18-15(17-12)19-16(22)20-28(23,24)9-10-6-4-5-7-11(10)14(21)27-3;15-11(16)28-8-5-9(29-12(17)18)20-13(19-8)21-14(25)22-30(26,27)7-4-2-1-3-6(7)10(23)24/h4-8H,9H2,1-3H3,(H2,17,18,19,20,22);1-5,11-12H,(H,23,24)(H2,19,20,21,22,25). The average molecular weight is 865 g/mol. The number of nitrogens with one attached hydrogen (secondary N) is 4. The van der Waals surface area contributed by atoms with Crippen molar-refractivity contribution in [3.8, 4) is 23.5 Å². The summed E-state index contributed by atoms with van der Waals surface area (Å²) in [5.74, 6) is -5.77. The summed E-state index contributed by atoms with van der Waals surface area (Å²) in [6, 6.07) is 9.51. The van der Waals surface area contributed by atoms with Crippen LogP contribution in [0.15, 0.2) is 65.6 Å². The third-order valence-electron chi connectivity index (χ3n) is 6.30. The number of hydrogen-bond donors (Lipinski definition) is 5. The Morgan fingerprint density at radius 3 is 1.60 bits per heavy atom. The number of sulfonamides is 2. The molecule has 0 fully saturated rings.